The van der Waals surface area contributed by atoms with Crippen molar-refractivity contribution < 1.29 is 5.11 Å². The summed E-state index contributed by atoms with van der Waals surface area (Å²) in [4.78, 5) is 3.99. The van der Waals surface area contributed by atoms with E-state index in [-0.39, 0.29) is 11.3 Å². The summed E-state index contributed by atoms with van der Waals surface area (Å²) < 4.78 is 1.74. The van der Waals surface area contributed by atoms with Gasteiger partial charge < -0.3 is 5.11 Å². The van der Waals surface area contributed by atoms with Crippen molar-refractivity contribution in [1.29, 1.82) is 0 Å². The minimum atomic E-state index is -0.791. The molecule has 0 radical (unpaired) electrons. The van der Waals surface area contributed by atoms with Crippen LogP contribution in [-0.2, 0) is 13.0 Å². The Bertz CT molecular complexity index is 624. The molecule has 0 aliphatic heterocycles. The Kier molecular flexibility index (Phi) is 4.00. The molecule has 1 N–H and O–H groups in total. The molecule has 2 aromatic rings. The van der Waals surface area contributed by atoms with Crippen LogP contribution in [0.4, 0.5) is 0 Å². The first-order valence-corrected chi connectivity index (χ1v) is 8.08. The molecule has 0 saturated heterocycles. The van der Waals surface area contributed by atoms with Gasteiger partial charge in [0.15, 0.2) is 0 Å². The standard InChI is InChI=1S/C17H22ClN3O/c1-16(2)8-7-14(9-13-3-5-15(18)6-4-13)17(16,22)10-21-12-19-11-20-21/h3-6,11-12,14,22H,7-10H2,1-2H3/t14?,17-/m0/s1. The third kappa shape index (κ3) is 2.77. The van der Waals surface area contributed by atoms with E-state index < -0.39 is 5.60 Å². The van der Waals surface area contributed by atoms with Crippen molar-refractivity contribution in [2.75, 3.05) is 0 Å². The van der Waals surface area contributed by atoms with Crippen molar-refractivity contribution in [1.82, 2.24) is 14.8 Å². The zero-order valence-electron chi connectivity index (χ0n) is 13.0. The van der Waals surface area contributed by atoms with Gasteiger partial charge in [-0.05, 0) is 48.3 Å². The lowest BCUT2D eigenvalue weighted by molar-refractivity contribution is -0.0907. The minimum Gasteiger partial charge on any atom is -0.387 e. The lowest BCUT2D eigenvalue weighted by Crippen LogP contribution is -2.49. The summed E-state index contributed by atoms with van der Waals surface area (Å²) in [5.74, 6) is 0.202. The first-order valence-electron chi connectivity index (χ1n) is 7.70. The quantitative estimate of drug-likeness (QED) is 0.940. The Morgan fingerprint density at radius 1 is 1.32 bits per heavy atom. The highest BCUT2D eigenvalue weighted by molar-refractivity contribution is 6.30. The van der Waals surface area contributed by atoms with Gasteiger partial charge in [-0.15, -0.1) is 0 Å². The van der Waals surface area contributed by atoms with Crippen molar-refractivity contribution in [3.05, 3.63) is 47.5 Å². The van der Waals surface area contributed by atoms with Crippen LogP contribution in [0.15, 0.2) is 36.9 Å². The highest BCUT2D eigenvalue weighted by Gasteiger charge is 2.54. The molecule has 3 rings (SSSR count). The second-order valence-electron chi connectivity index (χ2n) is 6.97. The number of aliphatic hydroxyl groups is 1. The van der Waals surface area contributed by atoms with Crippen LogP contribution in [0, 0.1) is 11.3 Å². The van der Waals surface area contributed by atoms with Crippen molar-refractivity contribution in [3.63, 3.8) is 0 Å². The molecule has 5 heteroatoms. The maximum absolute atomic E-state index is 11.5. The summed E-state index contributed by atoms with van der Waals surface area (Å²) in [5, 5.41) is 16.4. The van der Waals surface area contributed by atoms with Crippen LogP contribution in [-0.4, -0.2) is 25.5 Å². The second-order valence-corrected chi connectivity index (χ2v) is 7.40. The summed E-state index contributed by atoms with van der Waals surface area (Å²) >= 11 is 5.96. The Morgan fingerprint density at radius 3 is 2.68 bits per heavy atom. The summed E-state index contributed by atoms with van der Waals surface area (Å²) in [7, 11) is 0. The van der Waals surface area contributed by atoms with E-state index in [0.29, 0.717) is 6.54 Å². The Hall–Kier alpha value is -1.39. The Morgan fingerprint density at radius 2 is 2.05 bits per heavy atom. The van der Waals surface area contributed by atoms with E-state index in [1.165, 1.54) is 11.9 Å². The fraction of sp³-hybridized carbons (Fsp3) is 0.529. The summed E-state index contributed by atoms with van der Waals surface area (Å²) in [5.41, 5.74) is 0.278. The normalized spacial score (nSPS) is 27.2. The molecule has 0 spiro atoms. The van der Waals surface area contributed by atoms with Crippen molar-refractivity contribution in [3.8, 4) is 0 Å². The summed E-state index contributed by atoms with van der Waals surface area (Å²) in [6.45, 7) is 4.77. The number of rotatable bonds is 4. The second kappa shape index (κ2) is 5.67. The van der Waals surface area contributed by atoms with Gasteiger partial charge in [0.25, 0.3) is 0 Å². The third-order valence-electron chi connectivity index (χ3n) is 5.23. The van der Waals surface area contributed by atoms with Crippen molar-refractivity contribution in [2.45, 2.75) is 45.3 Å². The van der Waals surface area contributed by atoms with Crippen LogP contribution in [0.3, 0.4) is 0 Å². The average molecular weight is 320 g/mol. The number of aromatic nitrogens is 3. The molecule has 1 aromatic heterocycles. The SMILES string of the molecule is CC1(C)CCC(Cc2ccc(Cl)cc2)[C@@]1(O)Cn1cncn1. The monoisotopic (exact) mass is 319 g/mol. The Balaban J connectivity index is 1.84. The highest BCUT2D eigenvalue weighted by Crippen LogP contribution is 2.51. The molecule has 1 unspecified atom stereocenters. The molecule has 0 amide bonds. The van der Waals surface area contributed by atoms with Gasteiger partial charge in [0.2, 0.25) is 0 Å². The number of benzene rings is 1. The average Bonchev–Trinajstić information content (AvgIpc) is 3.04. The predicted octanol–water partition coefficient (Wildman–Crippen LogP) is 3.34. The molecule has 0 bridgehead atoms. The highest BCUT2D eigenvalue weighted by atomic mass is 35.5. The van der Waals surface area contributed by atoms with Crippen LogP contribution < -0.4 is 0 Å². The van der Waals surface area contributed by atoms with E-state index in [2.05, 4.69) is 23.9 Å². The van der Waals surface area contributed by atoms with E-state index in [4.69, 9.17) is 11.6 Å². The molecular formula is C17H22ClN3O. The topological polar surface area (TPSA) is 50.9 Å². The smallest absolute Gasteiger partial charge is 0.137 e. The molecule has 1 aromatic carbocycles. The van der Waals surface area contributed by atoms with E-state index >= 15 is 0 Å². The lowest BCUT2D eigenvalue weighted by Gasteiger charge is -2.40. The first-order chi connectivity index (χ1) is 10.4. The fourth-order valence-electron chi connectivity index (χ4n) is 3.62. The van der Waals surface area contributed by atoms with Gasteiger partial charge in [-0.2, -0.15) is 5.10 Å². The van der Waals surface area contributed by atoms with Crippen LogP contribution in [0.1, 0.15) is 32.3 Å². The van der Waals surface area contributed by atoms with Gasteiger partial charge in [0, 0.05) is 5.02 Å². The lowest BCUT2D eigenvalue weighted by atomic mass is 9.72. The van der Waals surface area contributed by atoms with Crippen molar-refractivity contribution >= 4 is 11.6 Å². The zero-order chi connectivity index (χ0) is 15.8. The molecule has 1 aliphatic rings. The van der Waals surface area contributed by atoms with E-state index in [1.807, 2.05) is 24.3 Å². The molecule has 2 atom stereocenters. The van der Waals surface area contributed by atoms with Gasteiger partial charge in [0.05, 0.1) is 12.1 Å². The molecule has 118 valence electrons. The number of hydrogen-bond acceptors (Lipinski definition) is 3. The van der Waals surface area contributed by atoms with Gasteiger partial charge in [-0.1, -0.05) is 37.6 Å². The van der Waals surface area contributed by atoms with E-state index in [9.17, 15) is 5.11 Å². The maximum Gasteiger partial charge on any atom is 0.137 e. The maximum atomic E-state index is 11.5. The van der Waals surface area contributed by atoms with Crippen molar-refractivity contribution in [2.24, 2.45) is 11.3 Å². The first kappa shape index (κ1) is 15.5. The van der Waals surface area contributed by atoms with Gasteiger partial charge in [0.1, 0.15) is 12.7 Å². The summed E-state index contributed by atoms with van der Waals surface area (Å²) in [6, 6.07) is 7.91. The fourth-order valence-corrected chi connectivity index (χ4v) is 3.75. The van der Waals surface area contributed by atoms with Gasteiger partial charge in [-0.3, -0.25) is 4.68 Å². The number of nitrogens with zero attached hydrogens (tertiary/aromatic N) is 3. The zero-order valence-corrected chi connectivity index (χ0v) is 13.8. The van der Waals surface area contributed by atoms with Crippen LogP contribution in [0.25, 0.3) is 0 Å². The molecule has 1 saturated carbocycles. The number of halogens is 1. The van der Waals surface area contributed by atoms with Crippen LogP contribution in [0.5, 0.6) is 0 Å². The van der Waals surface area contributed by atoms with Crippen LogP contribution in [0.2, 0.25) is 5.02 Å². The molecule has 1 aliphatic carbocycles. The molecule has 1 fully saturated rings. The molecule has 1 heterocycles. The molecular weight excluding hydrogens is 298 g/mol. The van der Waals surface area contributed by atoms with E-state index in [1.54, 1.807) is 11.0 Å². The van der Waals surface area contributed by atoms with Crippen LogP contribution >= 0.6 is 11.6 Å². The predicted molar refractivity (Wildman–Crippen MR) is 86.6 cm³/mol. The Labute approximate surface area is 136 Å². The van der Waals surface area contributed by atoms with Gasteiger partial charge >= 0.3 is 0 Å². The van der Waals surface area contributed by atoms with Gasteiger partial charge in [-0.25, -0.2) is 4.98 Å². The van der Waals surface area contributed by atoms with E-state index in [0.717, 1.165) is 24.3 Å². The minimum absolute atomic E-state index is 0.143. The number of hydrogen-bond donors (Lipinski definition) is 1. The molecule has 4 nitrogen and oxygen atoms in total. The third-order valence-corrected chi connectivity index (χ3v) is 5.48. The molecule has 22 heavy (non-hydrogen) atoms. The summed E-state index contributed by atoms with van der Waals surface area (Å²) in [6.07, 6.45) is 6.06. The largest absolute Gasteiger partial charge is 0.387 e.